The van der Waals surface area contributed by atoms with Gasteiger partial charge in [-0.1, -0.05) is 53.0 Å². The standard InChI is InChI=1S/C14H11Cl2N3O2.C8H8ClN3O2/c15-11-2-1-3-12(7-11)18-13(9-19(20)21)6-10-4-5-14(16)17-8-10;9-8-2-1-6(4-11-8)3-7(10)5-12(13)14/h1-5,7-9,18H,6H2;1-2,4-5H,3,10H2/b13-9+;7-5+. The first-order valence-corrected chi connectivity index (χ1v) is 10.9. The summed E-state index contributed by atoms with van der Waals surface area (Å²) < 4.78 is 0. The van der Waals surface area contributed by atoms with Crippen LogP contribution in [0.25, 0.3) is 0 Å². The first-order chi connectivity index (χ1) is 16.6. The lowest BCUT2D eigenvalue weighted by molar-refractivity contribution is -0.403. The van der Waals surface area contributed by atoms with Crippen LogP contribution in [0.4, 0.5) is 5.69 Å². The predicted molar refractivity (Wildman–Crippen MR) is 135 cm³/mol. The van der Waals surface area contributed by atoms with Gasteiger partial charge in [0.15, 0.2) is 0 Å². The summed E-state index contributed by atoms with van der Waals surface area (Å²) in [5.41, 5.74) is 8.27. The summed E-state index contributed by atoms with van der Waals surface area (Å²) in [7, 11) is 0. The zero-order valence-electron chi connectivity index (χ0n) is 18.0. The van der Waals surface area contributed by atoms with Gasteiger partial charge in [0.25, 0.3) is 12.4 Å². The summed E-state index contributed by atoms with van der Waals surface area (Å²) in [6.45, 7) is 0. The third kappa shape index (κ3) is 11.3. The average Bonchev–Trinajstić information content (AvgIpc) is 2.76. The van der Waals surface area contributed by atoms with Gasteiger partial charge in [-0.3, -0.25) is 20.2 Å². The van der Waals surface area contributed by atoms with E-state index in [1.165, 1.54) is 6.20 Å². The topological polar surface area (TPSA) is 150 Å². The van der Waals surface area contributed by atoms with E-state index in [1.54, 1.807) is 54.7 Å². The van der Waals surface area contributed by atoms with Gasteiger partial charge >= 0.3 is 0 Å². The number of hydrogen-bond acceptors (Lipinski definition) is 8. The minimum absolute atomic E-state index is 0.180. The minimum atomic E-state index is -0.585. The van der Waals surface area contributed by atoms with Crippen LogP contribution in [0, 0.1) is 20.2 Å². The van der Waals surface area contributed by atoms with Crippen molar-refractivity contribution < 1.29 is 9.85 Å². The second-order valence-electron chi connectivity index (χ2n) is 6.90. The Balaban J connectivity index is 0.000000269. The highest BCUT2D eigenvalue weighted by Crippen LogP contribution is 2.18. The first-order valence-electron chi connectivity index (χ1n) is 9.78. The highest BCUT2D eigenvalue weighted by atomic mass is 35.5. The molecule has 10 nitrogen and oxygen atoms in total. The van der Waals surface area contributed by atoms with Crippen molar-refractivity contribution >= 4 is 40.5 Å². The van der Waals surface area contributed by atoms with Gasteiger partial charge in [-0.05, 0) is 41.5 Å². The summed E-state index contributed by atoms with van der Waals surface area (Å²) in [5.74, 6) is 0. The number of hydrogen-bond donors (Lipinski definition) is 2. The molecule has 2 aromatic heterocycles. The molecule has 3 N–H and O–H groups in total. The molecule has 0 aliphatic heterocycles. The Hall–Kier alpha value is -3.73. The van der Waals surface area contributed by atoms with Crippen molar-refractivity contribution in [1.29, 1.82) is 0 Å². The lowest BCUT2D eigenvalue weighted by Crippen LogP contribution is -2.06. The fourth-order valence-electron chi connectivity index (χ4n) is 2.66. The van der Waals surface area contributed by atoms with Crippen LogP contribution in [0.15, 0.2) is 84.7 Å². The normalized spacial score (nSPS) is 11.3. The number of halogens is 3. The van der Waals surface area contributed by atoms with Gasteiger partial charge in [0.05, 0.1) is 21.2 Å². The van der Waals surface area contributed by atoms with Crippen molar-refractivity contribution in [3.05, 3.63) is 131 Å². The van der Waals surface area contributed by atoms with Crippen LogP contribution in [0.1, 0.15) is 11.1 Å². The van der Waals surface area contributed by atoms with Gasteiger partial charge in [0.2, 0.25) is 0 Å². The van der Waals surface area contributed by atoms with E-state index in [-0.39, 0.29) is 5.70 Å². The number of anilines is 1. The monoisotopic (exact) mass is 536 g/mol. The Kier molecular flexibility index (Phi) is 10.9. The molecule has 2 heterocycles. The second-order valence-corrected chi connectivity index (χ2v) is 8.11. The van der Waals surface area contributed by atoms with Crippen LogP contribution in [-0.2, 0) is 12.8 Å². The lowest BCUT2D eigenvalue weighted by atomic mass is 10.1. The molecule has 1 aromatic carbocycles. The van der Waals surface area contributed by atoms with Crippen LogP contribution in [0.5, 0.6) is 0 Å². The number of rotatable bonds is 8. The van der Waals surface area contributed by atoms with E-state index >= 15 is 0 Å². The third-order valence-corrected chi connectivity index (χ3v) is 4.72. The maximum atomic E-state index is 10.7. The summed E-state index contributed by atoms with van der Waals surface area (Å²) in [5, 5.41) is 25.1. The average molecular weight is 538 g/mol. The summed E-state index contributed by atoms with van der Waals surface area (Å²) in [4.78, 5) is 27.5. The van der Waals surface area contributed by atoms with Gasteiger partial charge in [0, 0.05) is 35.9 Å². The Labute approximate surface area is 215 Å². The molecule has 13 heteroatoms. The molecular weight excluding hydrogens is 519 g/mol. The van der Waals surface area contributed by atoms with Crippen molar-refractivity contribution in [1.82, 2.24) is 9.97 Å². The van der Waals surface area contributed by atoms with Crippen LogP contribution in [0.3, 0.4) is 0 Å². The zero-order valence-corrected chi connectivity index (χ0v) is 20.2. The van der Waals surface area contributed by atoms with E-state index in [0.717, 1.165) is 23.5 Å². The highest BCUT2D eigenvalue weighted by molar-refractivity contribution is 6.31. The smallest absolute Gasteiger partial charge is 0.253 e. The molecule has 0 aliphatic rings. The van der Waals surface area contributed by atoms with Crippen LogP contribution >= 0.6 is 34.8 Å². The van der Waals surface area contributed by atoms with Crippen molar-refractivity contribution in [3.8, 4) is 0 Å². The van der Waals surface area contributed by atoms with E-state index in [9.17, 15) is 20.2 Å². The molecule has 0 unspecified atom stereocenters. The molecular formula is C22H19Cl3N6O4. The van der Waals surface area contributed by atoms with E-state index in [1.807, 2.05) is 0 Å². The Bertz CT molecular complexity index is 1220. The quantitative estimate of drug-likeness (QED) is 0.217. The van der Waals surface area contributed by atoms with Crippen molar-refractivity contribution in [2.45, 2.75) is 12.8 Å². The number of allylic oxidation sites excluding steroid dienone is 2. The van der Waals surface area contributed by atoms with Crippen LogP contribution in [0.2, 0.25) is 15.3 Å². The number of nitrogens with one attached hydrogen (secondary N) is 1. The molecule has 0 fully saturated rings. The predicted octanol–water partition coefficient (Wildman–Crippen LogP) is 5.52. The number of nitrogens with zero attached hydrogens (tertiary/aromatic N) is 4. The van der Waals surface area contributed by atoms with E-state index in [2.05, 4.69) is 15.3 Å². The van der Waals surface area contributed by atoms with Gasteiger partial charge in [-0.15, -0.1) is 0 Å². The van der Waals surface area contributed by atoms with E-state index in [4.69, 9.17) is 40.5 Å². The molecule has 0 bridgehead atoms. The van der Waals surface area contributed by atoms with E-state index in [0.29, 0.717) is 39.6 Å². The Morgan fingerprint density at radius 2 is 1.46 bits per heavy atom. The molecule has 0 saturated carbocycles. The molecule has 0 radical (unpaired) electrons. The van der Waals surface area contributed by atoms with Crippen molar-refractivity contribution in [2.75, 3.05) is 5.32 Å². The number of aromatic nitrogens is 2. The molecule has 182 valence electrons. The maximum absolute atomic E-state index is 10.7. The second kappa shape index (κ2) is 13.9. The van der Waals surface area contributed by atoms with Crippen molar-refractivity contribution in [3.63, 3.8) is 0 Å². The number of benzene rings is 1. The number of pyridine rings is 2. The molecule has 3 rings (SSSR count). The largest absolute Gasteiger partial charge is 0.397 e. The van der Waals surface area contributed by atoms with Gasteiger partial charge < -0.3 is 11.1 Å². The highest BCUT2D eigenvalue weighted by Gasteiger charge is 2.07. The lowest BCUT2D eigenvalue weighted by Gasteiger charge is -2.09. The van der Waals surface area contributed by atoms with E-state index < -0.39 is 9.85 Å². The molecule has 0 atom stereocenters. The van der Waals surface area contributed by atoms with Gasteiger partial charge in [0.1, 0.15) is 10.3 Å². The summed E-state index contributed by atoms with van der Waals surface area (Å²) in [6, 6.07) is 13.7. The zero-order chi connectivity index (χ0) is 25.8. The SMILES string of the molecule is N/C(=C/[N+](=O)[O-])Cc1ccc(Cl)nc1.O=[N+]([O-])/C=C(\Cc1ccc(Cl)nc1)Nc1cccc(Cl)c1. The minimum Gasteiger partial charge on any atom is -0.397 e. The summed E-state index contributed by atoms with van der Waals surface area (Å²) >= 11 is 17.2. The summed E-state index contributed by atoms with van der Waals surface area (Å²) in [6.07, 6.45) is 5.44. The molecule has 35 heavy (non-hydrogen) atoms. The molecule has 0 saturated heterocycles. The molecule has 0 aliphatic carbocycles. The molecule has 0 spiro atoms. The maximum Gasteiger partial charge on any atom is 0.253 e. The molecule has 0 amide bonds. The van der Waals surface area contributed by atoms with Crippen LogP contribution < -0.4 is 11.1 Å². The Morgan fingerprint density at radius 3 is 1.94 bits per heavy atom. The Morgan fingerprint density at radius 1 is 0.886 bits per heavy atom. The van der Waals surface area contributed by atoms with Gasteiger partial charge in [-0.25, -0.2) is 9.97 Å². The fourth-order valence-corrected chi connectivity index (χ4v) is 3.07. The van der Waals surface area contributed by atoms with Gasteiger partial charge in [-0.2, -0.15) is 0 Å². The fraction of sp³-hybridized carbons (Fsp3) is 0.0909. The number of nitrogens with two attached hydrogens (primary N) is 1. The molecule has 3 aromatic rings. The van der Waals surface area contributed by atoms with Crippen LogP contribution in [-0.4, -0.2) is 19.8 Å². The first kappa shape index (κ1) is 27.5. The van der Waals surface area contributed by atoms with Crippen molar-refractivity contribution in [2.24, 2.45) is 5.73 Å². The number of nitro groups is 2. The third-order valence-electron chi connectivity index (χ3n) is 4.04.